The molecule has 1 aliphatic heterocycles. The smallest absolute Gasteiger partial charge is 0.232 e. The van der Waals surface area contributed by atoms with E-state index in [1.807, 2.05) is 6.92 Å². The fourth-order valence-corrected chi connectivity index (χ4v) is 4.95. The van der Waals surface area contributed by atoms with Crippen LogP contribution in [-0.4, -0.2) is 42.9 Å². The van der Waals surface area contributed by atoms with Crippen LogP contribution in [0.15, 0.2) is 12.1 Å². The lowest BCUT2D eigenvalue weighted by atomic mass is 9.96. The molecule has 1 aliphatic rings. The molecule has 1 heterocycles. The van der Waals surface area contributed by atoms with Crippen LogP contribution >= 0.6 is 23.4 Å². The first-order valence-corrected chi connectivity index (χ1v) is 10.2. The van der Waals surface area contributed by atoms with E-state index in [4.69, 9.17) is 11.6 Å². The standard InChI is InChI=1S/C14H19ClFNO3S2/c1-4-21-8-14(2,18)13-6-9-5-11(16)10(15)7-12(9)17(13)22(3,19)20/h5,7,13,18H,4,6,8H2,1-3H3. The van der Waals surface area contributed by atoms with Gasteiger partial charge in [-0.05, 0) is 36.8 Å². The lowest BCUT2D eigenvalue weighted by Crippen LogP contribution is -2.53. The maximum Gasteiger partial charge on any atom is 0.232 e. The van der Waals surface area contributed by atoms with E-state index in [9.17, 15) is 17.9 Å². The van der Waals surface area contributed by atoms with Crippen molar-refractivity contribution < 1.29 is 17.9 Å². The first-order valence-electron chi connectivity index (χ1n) is 6.85. The van der Waals surface area contributed by atoms with Crippen LogP contribution in [0, 0.1) is 5.82 Å². The number of hydrogen-bond acceptors (Lipinski definition) is 4. The lowest BCUT2D eigenvalue weighted by Gasteiger charge is -2.36. The van der Waals surface area contributed by atoms with Crippen LogP contribution in [0.4, 0.5) is 10.1 Å². The number of aliphatic hydroxyl groups is 1. The number of rotatable bonds is 5. The first-order chi connectivity index (χ1) is 10.1. The third-order valence-electron chi connectivity index (χ3n) is 3.73. The highest BCUT2D eigenvalue weighted by Gasteiger charge is 2.45. The molecule has 0 aromatic heterocycles. The third kappa shape index (κ3) is 3.37. The van der Waals surface area contributed by atoms with Crippen molar-refractivity contribution in [3.8, 4) is 0 Å². The van der Waals surface area contributed by atoms with E-state index in [1.165, 1.54) is 28.2 Å². The molecule has 22 heavy (non-hydrogen) atoms. The summed E-state index contributed by atoms with van der Waals surface area (Å²) in [6.07, 6.45) is 1.34. The molecule has 2 unspecified atom stereocenters. The Labute approximate surface area is 139 Å². The van der Waals surface area contributed by atoms with Gasteiger partial charge >= 0.3 is 0 Å². The molecule has 1 aromatic rings. The average Bonchev–Trinajstić information content (AvgIpc) is 2.76. The summed E-state index contributed by atoms with van der Waals surface area (Å²) in [5, 5.41) is 10.6. The largest absolute Gasteiger partial charge is 0.387 e. The molecule has 4 nitrogen and oxygen atoms in total. The van der Waals surface area contributed by atoms with E-state index in [-0.39, 0.29) is 11.4 Å². The third-order valence-corrected chi connectivity index (χ3v) is 6.38. The zero-order chi connectivity index (χ0) is 16.7. The van der Waals surface area contributed by atoms with Crippen LogP contribution in [-0.2, 0) is 16.4 Å². The Kier molecular flexibility index (Phi) is 5.02. The SMILES string of the molecule is CCSCC(C)(O)C1Cc2cc(F)c(Cl)cc2N1S(C)(=O)=O. The minimum atomic E-state index is -3.62. The molecular weight excluding hydrogens is 349 g/mol. The predicted molar refractivity (Wildman–Crippen MR) is 89.8 cm³/mol. The second-order valence-corrected chi connectivity index (χ2v) is 9.21. The van der Waals surface area contributed by atoms with Crippen LogP contribution in [0.5, 0.6) is 0 Å². The molecule has 0 amide bonds. The molecule has 0 bridgehead atoms. The molecule has 0 fully saturated rings. The van der Waals surface area contributed by atoms with Crippen LogP contribution < -0.4 is 4.31 Å². The number of benzene rings is 1. The Bertz CT molecular complexity index is 679. The Morgan fingerprint density at radius 2 is 2.18 bits per heavy atom. The lowest BCUT2D eigenvalue weighted by molar-refractivity contribution is 0.0615. The van der Waals surface area contributed by atoms with Crippen molar-refractivity contribution in [2.75, 3.05) is 22.1 Å². The Hall–Kier alpha value is -0.500. The average molecular weight is 368 g/mol. The maximum atomic E-state index is 13.7. The minimum absolute atomic E-state index is 0.129. The number of fused-ring (bicyclic) bond motifs is 1. The van der Waals surface area contributed by atoms with Crippen molar-refractivity contribution in [1.29, 1.82) is 0 Å². The summed E-state index contributed by atoms with van der Waals surface area (Å²) in [4.78, 5) is 0. The van der Waals surface area contributed by atoms with Gasteiger partial charge < -0.3 is 5.11 Å². The summed E-state index contributed by atoms with van der Waals surface area (Å²) in [5.41, 5.74) is -0.342. The van der Waals surface area contributed by atoms with Crippen molar-refractivity contribution in [2.24, 2.45) is 0 Å². The zero-order valence-corrected chi connectivity index (χ0v) is 15.0. The highest BCUT2D eigenvalue weighted by Crippen LogP contribution is 2.41. The molecule has 124 valence electrons. The summed E-state index contributed by atoms with van der Waals surface area (Å²) < 4.78 is 39.2. The molecule has 0 spiro atoms. The van der Waals surface area contributed by atoms with Gasteiger partial charge in [0.1, 0.15) is 5.82 Å². The van der Waals surface area contributed by atoms with Crippen molar-refractivity contribution in [2.45, 2.75) is 31.9 Å². The minimum Gasteiger partial charge on any atom is -0.387 e. The van der Waals surface area contributed by atoms with Crippen molar-refractivity contribution in [1.82, 2.24) is 0 Å². The Morgan fingerprint density at radius 3 is 2.73 bits per heavy atom. The molecule has 0 radical (unpaired) electrons. The molecule has 1 N–H and O–H groups in total. The van der Waals surface area contributed by atoms with E-state index in [1.54, 1.807) is 6.92 Å². The van der Waals surface area contributed by atoms with Gasteiger partial charge in [-0.3, -0.25) is 4.31 Å². The fourth-order valence-electron chi connectivity index (χ4n) is 2.69. The highest BCUT2D eigenvalue weighted by atomic mass is 35.5. The number of anilines is 1. The predicted octanol–water partition coefficient (Wildman–Crippen LogP) is 2.67. The first kappa shape index (κ1) is 17.8. The van der Waals surface area contributed by atoms with E-state index < -0.39 is 27.5 Å². The van der Waals surface area contributed by atoms with Gasteiger partial charge in [0.2, 0.25) is 10.0 Å². The normalized spacial score (nSPS) is 20.8. The molecule has 2 atom stereocenters. The van der Waals surface area contributed by atoms with E-state index in [2.05, 4.69) is 0 Å². The molecule has 8 heteroatoms. The number of hydrogen-bond donors (Lipinski definition) is 1. The van der Waals surface area contributed by atoms with Crippen LogP contribution in [0.3, 0.4) is 0 Å². The molecular formula is C14H19ClFNO3S2. The quantitative estimate of drug-likeness (QED) is 0.869. The molecule has 0 aliphatic carbocycles. The van der Waals surface area contributed by atoms with Gasteiger partial charge in [-0.1, -0.05) is 18.5 Å². The Morgan fingerprint density at radius 1 is 1.55 bits per heavy atom. The number of sulfonamides is 1. The Balaban J connectivity index is 2.50. The van der Waals surface area contributed by atoms with Crippen LogP contribution in [0.2, 0.25) is 5.02 Å². The summed E-state index contributed by atoms with van der Waals surface area (Å²) in [6.45, 7) is 3.58. The second-order valence-electron chi connectivity index (χ2n) is 5.67. The second kappa shape index (κ2) is 6.19. The van der Waals surface area contributed by atoms with Gasteiger partial charge in [-0.25, -0.2) is 12.8 Å². The molecule has 1 aromatic carbocycles. The fraction of sp³-hybridized carbons (Fsp3) is 0.571. The van der Waals surface area contributed by atoms with E-state index in [0.29, 0.717) is 17.0 Å². The summed E-state index contributed by atoms with van der Waals surface area (Å²) in [7, 11) is -3.62. The van der Waals surface area contributed by atoms with E-state index in [0.717, 1.165) is 12.0 Å². The summed E-state index contributed by atoms with van der Waals surface area (Å²) in [6, 6.07) is 1.89. The van der Waals surface area contributed by atoms with Gasteiger partial charge in [0.05, 0.1) is 28.6 Å². The molecule has 0 saturated heterocycles. The molecule has 0 saturated carbocycles. The highest BCUT2D eigenvalue weighted by molar-refractivity contribution is 7.99. The summed E-state index contributed by atoms with van der Waals surface area (Å²) in [5.74, 6) is 0.622. The van der Waals surface area contributed by atoms with E-state index >= 15 is 0 Å². The van der Waals surface area contributed by atoms with Gasteiger partial charge in [0, 0.05) is 5.75 Å². The van der Waals surface area contributed by atoms with Gasteiger partial charge in [0.25, 0.3) is 0 Å². The number of thioether (sulfide) groups is 1. The topological polar surface area (TPSA) is 57.6 Å². The summed E-state index contributed by atoms with van der Waals surface area (Å²) >= 11 is 7.32. The number of nitrogens with zero attached hydrogens (tertiary/aromatic N) is 1. The van der Waals surface area contributed by atoms with Crippen molar-refractivity contribution >= 4 is 39.1 Å². The van der Waals surface area contributed by atoms with Crippen LogP contribution in [0.25, 0.3) is 0 Å². The van der Waals surface area contributed by atoms with Crippen molar-refractivity contribution in [3.05, 3.63) is 28.5 Å². The molecule has 2 rings (SSSR count). The monoisotopic (exact) mass is 367 g/mol. The van der Waals surface area contributed by atoms with Gasteiger partial charge in [0.15, 0.2) is 0 Å². The van der Waals surface area contributed by atoms with Gasteiger partial charge in [-0.2, -0.15) is 11.8 Å². The number of halogens is 2. The maximum absolute atomic E-state index is 13.7. The zero-order valence-electron chi connectivity index (χ0n) is 12.6. The van der Waals surface area contributed by atoms with Crippen LogP contribution in [0.1, 0.15) is 19.4 Å². The van der Waals surface area contributed by atoms with Gasteiger partial charge in [-0.15, -0.1) is 0 Å². The van der Waals surface area contributed by atoms with Crippen molar-refractivity contribution in [3.63, 3.8) is 0 Å².